The number of nitrogens with zero attached hydrogens (tertiary/aromatic N) is 1. The van der Waals surface area contributed by atoms with Crippen LogP contribution in [-0.2, 0) is 4.79 Å². The van der Waals surface area contributed by atoms with E-state index in [1.54, 1.807) is 18.5 Å². The van der Waals surface area contributed by atoms with Gasteiger partial charge in [0.05, 0.1) is 5.69 Å². The van der Waals surface area contributed by atoms with Crippen molar-refractivity contribution in [2.24, 2.45) is 0 Å². The van der Waals surface area contributed by atoms with Gasteiger partial charge < -0.3 is 0 Å². The molecule has 2 nitrogen and oxygen atoms in total. The first-order chi connectivity index (χ1) is 4.84. The quantitative estimate of drug-likeness (QED) is 0.501. The second-order valence-corrected chi connectivity index (χ2v) is 2.14. The van der Waals surface area contributed by atoms with Crippen molar-refractivity contribution >= 4 is 24.9 Å². The van der Waals surface area contributed by atoms with Gasteiger partial charge in [0.2, 0.25) is 0 Å². The highest BCUT2D eigenvalue weighted by Crippen LogP contribution is 2.11. The van der Waals surface area contributed by atoms with Gasteiger partial charge in [0, 0.05) is 0 Å². The standard InChI is InChI=1S/C7H6NOS/c9-6-8(10)7-4-2-1-3-5-7/h1-5,10H. The first-order valence-corrected chi connectivity index (χ1v) is 3.16. The largest absolute Gasteiger partial charge is 0.327 e. The molecular weight excluding hydrogens is 146 g/mol. The van der Waals surface area contributed by atoms with Crippen LogP contribution in [0.5, 0.6) is 0 Å². The molecule has 0 aliphatic carbocycles. The Hall–Kier alpha value is -0.960. The lowest BCUT2D eigenvalue weighted by molar-refractivity contribution is 0.558. The van der Waals surface area contributed by atoms with Crippen LogP contribution in [0.1, 0.15) is 0 Å². The molecule has 0 aromatic heterocycles. The summed E-state index contributed by atoms with van der Waals surface area (Å²) >= 11 is 3.83. The van der Waals surface area contributed by atoms with Gasteiger partial charge in [-0.25, -0.2) is 4.31 Å². The minimum absolute atomic E-state index is 0.723. The predicted molar refractivity (Wildman–Crippen MR) is 43.6 cm³/mol. The normalized spacial score (nSPS) is 8.90. The van der Waals surface area contributed by atoms with Crippen molar-refractivity contribution in [3.63, 3.8) is 0 Å². The molecule has 1 rings (SSSR count). The summed E-state index contributed by atoms with van der Waals surface area (Å²) in [6.07, 6.45) is 1.63. The Bertz CT molecular complexity index is 212. The van der Waals surface area contributed by atoms with E-state index < -0.39 is 0 Å². The Morgan fingerprint density at radius 1 is 1.30 bits per heavy atom. The highest BCUT2D eigenvalue weighted by atomic mass is 32.1. The maximum absolute atomic E-state index is 10.0. The molecule has 1 radical (unpaired) electrons. The van der Waals surface area contributed by atoms with Gasteiger partial charge in [-0.15, -0.1) is 0 Å². The molecule has 0 saturated carbocycles. The summed E-state index contributed by atoms with van der Waals surface area (Å²) < 4.78 is 1.10. The van der Waals surface area contributed by atoms with E-state index in [0.717, 1.165) is 9.99 Å². The highest BCUT2D eigenvalue weighted by Gasteiger charge is 1.96. The highest BCUT2D eigenvalue weighted by molar-refractivity contribution is 7.82. The van der Waals surface area contributed by atoms with E-state index in [2.05, 4.69) is 12.8 Å². The molecule has 0 fully saturated rings. The Morgan fingerprint density at radius 3 is 2.40 bits per heavy atom. The summed E-state index contributed by atoms with van der Waals surface area (Å²) in [4.78, 5) is 10.0. The molecule has 0 heterocycles. The third-order valence-corrected chi connectivity index (χ3v) is 1.40. The molecule has 1 aromatic carbocycles. The number of rotatable bonds is 2. The Morgan fingerprint density at radius 2 is 1.90 bits per heavy atom. The van der Waals surface area contributed by atoms with Gasteiger partial charge in [-0.2, -0.15) is 0 Å². The minimum atomic E-state index is 0.723. The topological polar surface area (TPSA) is 20.3 Å². The number of anilines is 1. The maximum Gasteiger partial charge on any atom is 0.327 e. The van der Waals surface area contributed by atoms with E-state index in [1.807, 2.05) is 18.2 Å². The van der Waals surface area contributed by atoms with Gasteiger partial charge in [-0.1, -0.05) is 31.0 Å². The van der Waals surface area contributed by atoms with Crippen molar-refractivity contribution in [3.05, 3.63) is 30.3 Å². The van der Waals surface area contributed by atoms with Crippen LogP contribution in [-0.4, -0.2) is 6.41 Å². The van der Waals surface area contributed by atoms with Gasteiger partial charge >= 0.3 is 6.41 Å². The summed E-state index contributed by atoms with van der Waals surface area (Å²) in [5.74, 6) is 0. The van der Waals surface area contributed by atoms with Crippen LogP contribution in [0.25, 0.3) is 0 Å². The summed E-state index contributed by atoms with van der Waals surface area (Å²) in [5.41, 5.74) is 0.723. The number of para-hydroxylation sites is 1. The number of carbonyl (C=O) groups excluding carboxylic acids is 1. The SMILES string of the molecule is O=[C]N(S)c1ccccc1. The fourth-order valence-corrected chi connectivity index (χ4v) is 0.755. The molecule has 10 heavy (non-hydrogen) atoms. The average molecular weight is 152 g/mol. The van der Waals surface area contributed by atoms with Gasteiger partial charge in [0.1, 0.15) is 0 Å². The van der Waals surface area contributed by atoms with E-state index in [4.69, 9.17) is 0 Å². The van der Waals surface area contributed by atoms with Crippen molar-refractivity contribution < 1.29 is 4.79 Å². The van der Waals surface area contributed by atoms with Gasteiger partial charge in [0.15, 0.2) is 0 Å². The lowest BCUT2D eigenvalue weighted by Crippen LogP contribution is -2.05. The molecular formula is C7H6NOS. The maximum atomic E-state index is 10.0. The van der Waals surface area contributed by atoms with Crippen molar-refractivity contribution in [2.45, 2.75) is 0 Å². The molecule has 51 valence electrons. The predicted octanol–water partition coefficient (Wildman–Crippen LogP) is 1.41. The van der Waals surface area contributed by atoms with Crippen molar-refractivity contribution in [3.8, 4) is 0 Å². The molecule has 0 aliphatic rings. The van der Waals surface area contributed by atoms with E-state index in [9.17, 15) is 4.79 Å². The zero-order valence-electron chi connectivity index (χ0n) is 5.19. The molecule has 0 unspecified atom stereocenters. The van der Waals surface area contributed by atoms with Crippen molar-refractivity contribution in [2.75, 3.05) is 4.31 Å². The zero-order valence-corrected chi connectivity index (χ0v) is 6.08. The number of amides is 1. The van der Waals surface area contributed by atoms with Crippen molar-refractivity contribution in [1.82, 2.24) is 0 Å². The Balaban J connectivity index is 2.84. The molecule has 0 aliphatic heterocycles. The van der Waals surface area contributed by atoms with E-state index in [-0.39, 0.29) is 0 Å². The fourth-order valence-electron chi connectivity index (χ4n) is 0.622. The van der Waals surface area contributed by atoms with Crippen LogP contribution in [0.4, 0.5) is 5.69 Å². The molecule has 0 atom stereocenters. The van der Waals surface area contributed by atoms with Crippen LogP contribution in [0.2, 0.25) is 0 Å². The molecule has 0 bridgehead atoms. The lowest BCUT2D eigenvalue weighted by Gasteiger charge is -2.05. The van der Waals surface area contributed by atoms with Crippen LogP contribution in [0.3, 0.4) is 0 Å². The third kappa shape index (κ3) is 1.51. The fraction of sp³-hybridized carbons (Fsp3) is 0. The second kappa shape index (κ2) is 3.27. The van der Waals surface area contributed by atoms with Crippen LogP contribution >= 0.6 is 12.8 Å². The molecule has 1 amide bonds. The third-order valence-electron chi connectivity index (χ3n) is 1.09. The Kier molecular flexibility index (Phi) is 2.34. The van der Waals surface area contributed by atoms with Crippen LogP contribution in [0, 0.1) is 0 Å². The number of hydrogen-bond acceptors (Lipinski definition) is 2. The summed E-state index contributed by atoms with van der Waals surface area (Å²) in [6, 6.07) is 9.08. The average Bonchev–Trinajstić information content (AvgIpc) is 2.05. The molecule has 0 saturated heterocycles. The first-order valence-electron chi connectivity index (χ1n) is 2.76. The van der Waals surface area contributed by atoms with E-state index in [1.165, 1.54) is 0 Å². The summed E-state index contributed by atoms with van der Waals surface area (Å²) in [5, 5.41) is 0. The summed E-state index contributed by atoms with van der Waals surface area (Å²) in [7, 11) is 0. The van der Waals surface area contributed by atoms with Gasteiger partial charge in [0.25, 0.3) is 0 Å². The number of benzene rings is 1. The number of thiol groups is 1. The van der Waals surface area contributed by atoms with Crippen molar-refractivity contribution in [1.29, 1.82) is 0 Å². The summed E-state index contributed by atoms with van der Waals surface area (Å²) in [6.45, 7) is 0. The second-order valence-electron chi connectivity index (χ2n) is 1.74. The number of hydrogen-bond donors (Lipinski definition) is 1. The lowest BCUT2D eigenvalue weighted by atomic mass is 10.3. The van der Waals surface area contributed by atoms with E-state index in [0.29, 0.717) is 0 Å². The zero-order chi connectivity index (χ0) is 7.40. The molecule has 0 N–H and O–H groups in total. The Labute approximate surface area is 65.0 Å². The van der Waals surface area contributed by atoms with Crippen LogP contribution in [0.15, 0.2) is 30.3 Å². The molecule has 3 heteroatoms. The van der Waals surface area contributed by atoms with Gasteiger partial charge in [-0.3, -0.25) is 4.79 Å². The molecule has 0 spiro atoms. The van der Waals surface area contributed by atoms with E-state index >= 15 is 0 Å². The molecule has 1 aromatic rings. The monoisotopic (exact) mass is 152 g/mol. The smallest absolute Gasteiger partial charge is 0.262 e. The minimum Gasteiger partial charge on any atom is -0.262 e. The first kappa shape index (κ1) is 7.15. The van der Waals surface area contributed by atoms with Gasteiger partial charge in [-0.05, 0) is 12.1 Å². The van der Waals surface area contributed by atoms with Crippen LogP contribution < -0.4 is 4.31 Å².